The average Bonchev–Trinajstić information content (AvgIpc) is 2.78. The largest absolute Gasteiger partial charge is 0.397 e. The molecule has 1 amide bonds. The van der Waals surface area contributed by atoms with Gasteiger partial charge in [0.15, 0.2) is 9.84 Å². The Morgan fingerprint density at radius 1 is 1.52 bits per heavy atom. The fraction of sp³-hybridized carbons (Fsp3) is 0.615. The summed E-state index contributed by atoms with van der Waals surface area (Å²) >= 11 is 1.56. The average molecular weight is 331 g/mol. The van der Waals surface area contributed by atoms with Crippen LogP contribution >= 0.6 is 11.8 Å². The van der Waals surface area contributed by atoms with Gasteiger partial charge in [-0.25, -0.2) is 8.42 Å². The van der Waals surface area contributed by atoms with Gasteiger partial charge in [-0.2, -0.15) is 11.8 Å². The third-order valence-electron chi connectivity index (χ3n) is 3.44. The number of anilines is 1. The van der Waals surface area contributed by atoms with Crippen LogP contribution in [0.3, 0.4) is 0 Å². The van der Waals surface area contributed by atoms with Gasteiger partial charge in [0, 0.05) is 37.0 Å². The Kier molecular flexibility index (Phi) is 4.88. The molecular weight excluding hydrogens is 310 g/mol. The number of nitrogens with zero attached hydrogens (tertiary/aromatic N) is 2. The van der Waals surface area contributed by atoms with E-state index in [1.165, 1.54) is 11.2 Å². The first-order valence-corrected chi connectivity index (χ1v) is 9.98. The van der Waals surface area contributed by atoms with Gasteiger partial charge >= 0.3 is 0 Å². The van der Waals surface area contributed by atoms with E-state index in [4.69, 9.17) is 5.73 Å². The number of nitrogen functional groups attached to an aromatic ring is 1. The molecule has 21 heavy (non-hydrogen) atoms. The Hall–Kier alpha value is -1.15. The summed E-state index contributed by atoms with van der Waals surface area (Å²) in [7, 11) is -3.30. The molecule has 2 N–H and O–H groups in total. The molecule has 0 radical (unpaired) electrons. The standard InChI is InChI=1S/C13H21N3O3S2/c1-3-4-15-8-10(14)7-11(15)13(17)16-5-6-20-9-12(16)21(2,18)19/h7-8,12H,3-6,9,14H2,1-2H3. The van der Waals surface area contributed by atoms with Crippen LogP contribution in [0.1, 0.15) is 23.8 Å². The van der Waals surface area contributed by atoms with Gasteiger partial charge in [0.25, 0.3) is 5.91 Å². The van der Waals surface area contributed by atoms with E-state index in [2.05, 4.69) is 0 Å². The summed E-state index contributed by atoms with van der Waals surface area (Å²) in [6.45, 7) is 3.14. The van der Waals surface area contributed by atoms with Gasteiger partial charge in [-0.15, -0.1) is 0 Å². The fourth-order valence-corrected chi connectivity index (χ4v) is 5.27. The van der Waals surface area contributed by atoms with Crippen molar-refractivity contribution in [2.75, 3.05) is 30.0 Å². The van der Waals surface area contributed by atoms with Gasteiger partial charge in [0.1, 0.15) is 11.1 Å². The molecule has 1 atom stereocenters. The molecule has 8 heteroatoms. The highest BCUT2D eigenvalue weighted by atomic mass is 32.2. The lowest BCUT2D eigenvalue weighted by Gasteiger charge is -2.34. The number of sulfone groups is 1. The van der Waals surface area contributed by atoms with Crippen molar-refractivity contribution in [2.45, 2.75) is 25.3 Å². The number of aryl methyl sites for hydroxylation is 1. The minimum absolute atomic E-state index is 0.254. The van der Waals surface area contributed by atoms with E-state index in [0.29, 0.717) is 30.2 Å². The van der Waals surface area contributed by atoms with Crippen LogP contribution in [0.4, 0.5) is 5.69 Å². The molecule has 1 aromatic rings. The molecule has 0 saturated carbocycles. The maximum atomic E-state index is 12.7. The number of amides is 1. The Bertz CT molecular complexity index is 625. The first-order chi connectivity index (χ1) is 9.84. The Morgan fingerprint density at radius 2 is 2.24 bits per heavy atom. The summed E-state index contributed by atoms with van der Waals surface area (Å²) < 4.78 is 25.6. The van der Waals surface area contributed by atoms with Crippen molar-refractivity contribution < 1.29 is 13.2 Å². The van der Waals surface area contributed by atoms with Crippen molar-refractivity contribution in [1.82, 2.24) is 9.47 Å². The smallest absolute Gasteiger partial charge is 0.271 e. The lowest BCUT2D eigenvalue weighted by Crippen LogP contribution is -2.50. The van der Waals surface area contributed by atoms with E-state index in [9.17, 15) is 13.2 Å². The number of rotatable bonds is 4. The molecular formula is C13H21N3O3S2. The second-order valence-corrected chi connectivity index (χ2v) is 8.56. The molecule has 0 bridgehead atoms. The number of hydrogen-bond acceptors (Lipinski definition) is 5. The molecule has 2 rings (SSSR count). The van der Waals surface area contributed by atoms with E-state index in [-0.39, 0.29) is 5.91 Å². The molecule has 2 heterocycles. The zero-order chi connectivity index (χ0) is 15.6. The maximum Gasteiger partial charge on any atom is 0.271 e. The second kappa shape index (κ2) is 6.31. The predicted molar refractivity (Wildman–Crippen MR) is 86.1 cm³/mol. The molecule has 1 fully saturated rings. The summed E-state index contributed by atoms with van der Waals surface area (Å²) in [6, 6.07) is 1.62. The van der Waals surface area contributed by atoms with Crippen LogP contribution in [0, 0.1) is 0 Å². The Morgan fingerprint density at radius 3 is 2.86 bits per heavy atom. The Balaban J connectivity index is 2.33. The lowest BCUT2D eigenvalue weighted by molar-refractivity contribution is 0.0738. The highest BCUT2D eigenvalue weighted by Crippen LogP contribution is 2.23. The monoisotopic (exact) mass is 331 g/mol. The molecule has 1 saturated heterocycles. The van der Waals surface area contributed by atoms with E-state index < -0.39 is 15.2 Å². The van der Waals surface area contributed by atoms with Gasteiger partial charge in [-0.3, -0.25) is 4.79 Å². The minimum atomic E-state index is -3.30. The number of carbonyl (C=O) groups is 1. The van der Waals surface area contributed by atoms with Gasteiger partial charge in [0.2, 0.25) is 0 Å². The van der Waals surface area contributed by atoms with Crippen molar-refractivity contribution in [1.29, 1.82) is 0 Å². The van der Waals surface area contributed by atoms with Gasteiger partial charge in [-0.05, 0) is 12.5 Å². The van der Waals surface area contributed by atoms with E-state index >= 15 is 0 Å². The van der Waals surface area contributed by atoms with Crippen LogP contribution < -0.4 is 5.73 Å². The van der Waals surface area contributed by atoms with Crippen molar-refractivity contribution in [3.63, 3.8) is 0 Å². The predicted octanol–water partition coefficient (Wildman–Crippen LogP) is 1.04. The van der Waals surface area contributed by atoms with E-state index in [1.54, 1.807) is 28.6 Å². The van der Waals surface area contributed by atoms with Crippen molar-refractivity contribution in [3.05, 3.63) is 18.0 Å². The van der Waals surface area contributed by atoms with Crippen molar-refractivity contribution in [2.24, 2.45) is 0 Å². The minimum Gasteiger partial charge on any atom is -0.397 e. The lowest BCUT2D eigenvalue weighted by atomic mass is 10.3. The third kappa shape index (κ3) is 3.55. The van der Waals surface area contributed by atoms with Crippen LogP contribution in [-0.2, 0) is 16.4 Å². The number of nitrogens with two attached hydrogens (primary N) is 1. The van der Waals surface area contributed by atoms with Gasteiger partial charge < -0.3 is 15.2 Å². The third-order valence-corrected chi connectivity index (χ3v) is 6.08. The van der Waals surface area contributed by atoms with Crippen LogP contribution in [0.15, 0.2) is 12.3 Å². The van der Waals surface area contributed by atoms with E-state index in [0.717, 1.165) is 12.2 Å². The highest BCUT2D eigenvalue weighted by molar-refractivity contribution is 8.00. The van der Waals surface area contributed by atoms with E-state index in [1.807, 2.05) is 6.92 Å². The summed E-state index contributed by atoms with van der Waals surface area (Å²) in [6.07, 6.45) is 3.79. The van der Waals surface area contributed by atoms with Crippen LogP contribution in [0.25, 0.3) is 0 Å². The first kappa shape index (κ1) is 16.2. The molecule has 0 aromatic carbocycles. The summed E-state index contributed by atoms with van der Waals surface area (Å²) in [5.74, 6) is 0.923. The molecule has 1 unspecified atom stereocenters. The summed E-state index contributed by atoms with van der Waals surface area (Å²) in [5.41, 5.74) is 6.77. The van der Waals surface area contributed by atoms with Crippen LogP contribution in [0.2, 0.25) is 0 Å². The number of carbonyl (C=O) groups excluding carboxylic acids is 1. The number of hydrogen-bond donors (Lipinski definition) is 1. The molecule has 1 aromatic heterocycles. The summed E-state index contributed by atoms with van der Waals surface area (Å²) in [5, 5.41) is -0.755. The SMILES string of the molecule is CCCn1cc(N)cc1C(=O)N1CCSCC1S(C)(=O)=O. The topological polar surface area (TPSA) is 85.4 Å². The van der Waals surface area contributed by atoms with Crippen LogP contribution in [-0.4, -0.2) is 53.5 Å². The molecule has 118 valence electrons. The second-order valence-electron chi connectivity index (χ2n) is 5.21. The quantitative estimate of drug-likeness (QED) is 0.891. The zero-order valence-electron chi connectivity index (χ0n) is 12.3. The number of aromatic nitrogens is 1. The molecule has 6 nitrogen and oxygen atoms in total. The first-order valence-electron chi connectivity index (χ1n) is 6.87. The molecule has 0 spiro atoms. The Labute approximate surface area is 129 Å². The zero-order valence-corrected chi connectivity index (χ0v) is 13.9. The maximum absolute atomic E-state index is 12.7. The van der Waals surface area contributed by atoms with Crippen molar-refractivity contribution in [3.8, 4) is 0 Å². The normalized spacial score (nSPS) is 19.7. The number of thioether (sulfide) groups is 1. The van der Waals surface area contributed by atoms with Crippen molar-refractivity contribution >= 4 is 33.2 Å². The molecule has 1 aliphatic heterocycles. The summed E-state index contributed by atoms with van der Waals surface area (Å²) in [4.78, 5) is 14.2. The molecule has 1 aliphatic rings. The highest BCUT2D eigenvalue weighted by Gasteiger charge is 2.35. The fourth-order valence-electron chi connectivity index (χ4n) is 2.45. The van der Waals surface area contributed by atoms with Gasteiger partial charge in [-0.1, -0.05) is 6.92 Å². The molecule has 0 aliphatic carbocycles. The van der Waals surface area contributed by atoms with Gasteiger partial charge in [0.05, 0.1) is 5.69 Å². The van der Waals surface area contributed by atoms with Crippen LogP contribution in [0.5, 0.6) is 0 Å².